The third-order valence-electron chi connectivity index (χ3n) is 4.25. The number of anilines is 1. The van der Waals surface area contributed by atoms with E-state index in [1.807, 2.05) is 0 Å². The predicted octanol–water partition coefficient (Wildman–Crippen LogP) is 3.01. The van der Waals surface area contributed by atoms with Crippen molar-refractivity contribution in [1.29, 1.82) is 0 Å². The molecule has 2 fully saturated rings. The number of hydrogen-bond donors (Lipinski definition) is 0. The van der Waals surface area contributed by atoms with E-state index in [1.54, 1.807) is 0 Å². The molecule has 1 saturated carbocycles. The third-order valence-corrected chi connectivity index (χ3v) is 4.44. The van der Waals surface area contributed by atoms with E-state index in [0.29, 0.717) is 30.2 Å². The van der Waals surface area contributed by atoms with Crippen LogP contribution in [-0.4, -0.2) is 28.7 Å². The van der Waals surface area contributed by atoms with E-state index in [1.165, 1.54) is 38.5 Å². The van der Waals surface area contributed by atoms with Gasteiger partial charge in [0, 0.05) is 24.9 Å². The molecule has 18 heavy (non-hydrogen) atoms. The molecule has 1 aromatic heterocycles. The largest absolute Gasteiger partial charge is 0.408 e. The fourth-order valence-corrected chi connectivity index (χ4v) is 3.57. The Labute approximate surface area is 113 Å². The standard InChI is InChI=1S/C13H20ClN3O/c14-8-7-12-15-16-13(18-12)17-9-3-5-10-4-1-2-6-11(10)17/h10-11H,1-9H2/t10-,11-/m1/s1. The molecule has 5 heteroatoms. The maximum absolute atomic E-state index is 5.73. The zero-order chi connectivity index (χ0) is 12.4. The quantitative estimate of drug-likeness (QED) is 0.791. The van der Waals surface area contributed by atoms with Crippen LogP contribution in [0.2, 0.25) is 0 Å². The Bertz CT molecular complexity index is 393. The first kappa shape index (κ1) is 12.3. The summed E-state index contributed by atoms with van der Waals surface area (Å²) in [6.45, 7) is 1.06. The summed E-state index contributed by atoms with van der Waals surface area (Å²) in [4.78, 5) is 2.35. The number of alkyl halides is 1. The van der Waals surface area contributed by atoms with Gasteiger partial charge in [-0.1, -0.05) is 17.9 Å². The van der Waals surface area contributed by atoms with Crippen molar-refractivity contribution in [3.8, 4) is 0 Å². The van der Waals surface area contributed by atoms with Crippen LogP contribution in [0.3, 0.4) is 0 Å². The van der Waals surface area contributed by atoms with E-state index in [9.17, 15) is 0 Å². The van der Waals surface area contributed by atoms with Crippen LogP contribution in [0.1, 0.15) is 44.4 Å². The number of aromatic nitrogens is 2. The highest BCUT2D eigenvalue weighted by Crippen LogP contribution is 2.37. The molecule has 0 unspecified atom stereocenters. The second kappa shape index (κ2) is 5.47. The molecule has 2 heterocycles. The van der Waals surface area contributed by atoms with Gasteiger partial charge in [-0.05, 0) is 31.6 Å². The Kier molecular flexibility index (Phi) is 3.73. The van der Waals surface area contributed by atoms with Gasteiger partial charge in [-0.3, -0.25) is 0 Å². The summed E-state index contributed by atoms with van der Waals surface area (Å²) < 4.78 is 5.73. The highest BCUT2D eigenvalue weighted by atomic mass is 35.5. The number of halogens is 1. The molecule has 2 aliphatic rings. The number of rotatable bonds is 3. The van der Waals surface area contributed by atoms with Crippen LogP contribution < -0.4 is 4.90 Å². The molecule has 0 amide bonds. The Hall–Kier alpha value is -0.770. The SMILES string of the molecule is ClCCc1nnc(N2CCC[C@H]3CCCC[C@H]32)o1. The summed E-state index contributed by atoms with van der Waals surface area (Å²) in [6, 6.07) is 1.34. The van der Waals surface area contributed by atoms with Gasteiger partial charge < -0.3 is 9.32 Å². The van der Waals surface area contributed by atoms with Gasteiger partial charge in [0.05, 0.1) is 0 Å². The molecule has 2 atom stereocenters. The number of nitrogens with zero attached hydrogens (tertiary/aromatic N) is 3. The van der Waals surface area contributed by atoms with Crippen LogP contribution in [0.4, 0.5) is 6.01 Å². The van der Waals surface area contributed by atoms with Crippen molar-refractivity contribution in [2.75, 3.05) is 17.3 Å². The fraction of sp³-hybridized carbons (Fsp3) is 0.846. The minimum Gasteiger partial charge on any atom is -0.408 e. The summed E-state index contributed by atoms with van der Waals surface area (Å²) in [6.07, 6.45) is 8.63. The topological polar surface area (TPSA) is 42.2 Å². The van der Waals surface area contributed by atoms with Crippen LogP contribution in [0, 0.1) is 5.92 Å². The monoisotopic (exact) mass is 269 g/mol. The average molecular weight is 270 g/mol. The minimum atomic E-state index is 0.535. The summed E-state index contributed by atoms with van der Waals surface area (Å²) in [5.41, 5.74) is 0. The van der Waals surface area contributed by atoms with Gasteiger partial charge in [0.15, 0.2) is 0 Å². The smallest absolute Gasteiger partial charge is 0.318 e. The molecular weight excluding hydrogens is 250 g/mol. The third kappa shape index (κ3) is 2.35. The Morgan fingerprint density at radius 2 is 2.00 bits per heavy atom. The normalized spacial score (nSPS) is 28.2. The lowest BCUT2D eigenvalue weighted by molar-refractivity contribution is 0.234. The van der Waals surface area contributed by atoms with E-state index < -0.39 is 0 Å². The zero-order valence-corrected chi connectivity index (χ0v) is 11.4. The first-order chi connectivity index (χ1) is 8.88. The van der Waals surface area contributed by atoms with Crippen molar-refractivity contribution in [2.24, 2.45) is 5.92 Å². The lowest BCUT2D eigenvalue weighted by atomic mass is 9.78. The maximum Gasteiger partial charge on any atom is 0.318 e. The minimum absolute atomic E-state index is 0.535. The summed E-state index contributed by atoms with van der Waals surface area (Å²) in [5, 5.41) is 8.28. The average Bonchev–Trinajstić information content (AvgIpc) is 2.87. The Morgan fingerprint density at radius 3 is 2.89 bits per heavy atom. The van der Waals surface area contributed by atoms with Gasteiger partial charge in [0.25, 0.3) is 0 Å². The number of aryl methyl sites for hydroxylation is 1. The molecule has 0 spiro atoms. The zero-order valence-electron chi connectivity index (χ0n) is 10.6. The van der Waals surface area contributed by atoms with E-state index in [-0.39, 0.29) is 0 Å². The molecule has 1 aromatic rings. The highest BCUT2D eigenvalue weighted by molar-refractivity contribution is 6.17. The van der Waals surface area contributed by atoms with E-state index >= 15 is 0 Å². The van der Waals surface area contributed by atoms with E-state index in [2.05, 4.69) is 15.1 Å². The van der Waals surface area contributed by atoms with Crippen molar-refractivity contribution >= 4 is 17.6 Å². The molecule has 4 nitrogen and oxygen atoms in total. The number of fused-ring (bicyclic) bond motifs is 1. The Balaban J connectivity index is 1.76. The van der Waals surface area contributed by atoms with Crippen LogP contribution >= 0.6 is 11.6 Å². The lowest BCUT2D eigenvalue weighted by Gasteiger charge is -2.43. The molecule has 0 aromatic carbocycles. The van der Waals surface area contributed by atoms with Crippen molar-refractivity contribution in [3.63, 3.8) is 0 Å². The molecular formula is C13H20ClN3O. The van der Waals surface area contributed by atoms with Crippen molar-refractivity contribution in [3.05, 3.63) is 5.89 Å². The van der Waals surface area contributed by atoms with E-state index in [4.69, 9.17) is 16.0 Å². The fourth-order valence-electron chi connectivity index (χ4n) is 3.40. The van der Waals surface area contributed by atoms with Crippen LogP contribution in [0.15, 0.2) is 4.42 Å². The van der Waals surface area contributed by atoms with Gasteiger partial charge in [-0.25, -0.2) is 0 Å². The second-order valence-corrected chi connectivity index (χ2v) is 5.74. The van der Waals surface area contributed by atoms with Crippen LogP contribution in [0.5, 0.6) is 0 Å². The number of hydrogen-bond acceptors (Lipinski definition) is 4. The number of piperidine rings is 1. The predicted molar refractivity (Wildman–Crippen MR) is 71.0 cm³/mol. The second-order valence-electron chi connectivity index (χ2n) is 5.36. The van der Waals surface area contributed by atoms with Gasteiger partial charge in [0.2, 0.25) is 5.89 Å². The van der Waals surface area contributed by atoms with Crippen LogP contribution in [0.25, 0.3) is 0 Å². The first-order valence-corrected chi connectivity index (χ1v) is 7.57. The van der Waals surface area contributed by atoms with Crippen molar-refractivity contribution < 1.29 is 4.42 Å². The summed E-state index contributed by atoms with van der Waals surface area (Å²) in [5.74, 6) is 2.03. The molecule has 100 valence electrons. The van der Waals surface area contributed by atoms with Crippen molar-refractivity contribution in [1.82, 2.24) is 10.2 Å². The molecule has 0 N–H and O–H groups in total. The van der Waals surface area contributed by atoms with Gasteiger partial charge in [-0.15, -0.1) is 16.7 Å². The van der Waals surface area contributed by atoms with Gasteiger partial charge in [0.1, 0.15) is 0 Å². The van der Waals surface area contributed by atoms with Crippen LogP contribution in [-0.2, 0) is 6.42 Å². The molecule has 3 rings (SSSR count). The molecule has 1 aliphatic carbocycles. The highest BCUT2D eigenvalue weighted by Gasteiger charge is 2.35. The summed E-state index contributed by atoms with van der Waals surface area (Å²) in [7, 11) is 0. The van der Waals surface area contributed by atoms with Crippen molar-refractivity contribution in [2.45, 2.75) is 51.0 Å². The lowest BCUT2D eigenvalue weighted by Crippen LogP contribution is -2.47. The molecule has 0 radical (unpaired) electrons. The van der Waals surface area contributed by atoms with Gasteiger partial charge in [-0.2, -0.15) is 0 Å². The van der Waals surface area contributed by atoms with Gasteiger partial charge >= 0.3 is 6.01 Å². The maximum atomic E-state index is 5.73. The Morgan fingerprint density at radius 1 is 1.17 bits per heavy atom. The molecule has 1 aliphatic heterocycles. The van der Waals surface area contributed by atoms with E-state index in [0.717, 1.165) is 12.5 Å². The molecule has 1 saturated heterocycles. The first-order valence-electron chi connectivity index (χ1n) is 7.03. The molecule has 0 bridgehead atoms. The summed E-state index contributed by atoms with van der Waals surface area (Å²) >= 11 is 5.70.